The molecule has 3 N–H and O–H groups in total. The second-order valence-electron chi connectivity index (χ2n) is 3.29. The minimum atomic E-state index is -0.942. The van der Waals surface area contributed by atoms with E-state index < -0.39 is 6.09 Å². The molecular weight excluding hydrogens is 170 g/mol. The average Bonchev–Trinajstić information content (AvgIpc) is 2.46. The van der Waals surface area contributed by atoms with E-state index in [1.165, 1.54) is 0 Å². The third kappa shape index (κ3) is 1.63. The topological polar surface area (TPSA) is 78.0 Å². The minimum absolute atomic E-state index is 0.104. The fourth-order valence-electron chi connectivity index (χ4n) is 1.63. The van der Waals surface area contributed by atoms with E-state index in [0.717, 1.165) is 18.7 Å². The smallest absolute Gasteiger partial charge is 0.404 e. The summed E-state index contributed by atoms with van der Waals surface area (Å²) in [5, 5.41) is 10.9. The van der Waals surface area contributed by atoms with Crippen molar-refractivity contribution in [2.45, 2.75) is 24.8 Å². The molecule has 2 rings (SSSR count). The number of amides is 1. The van der Waals surface area contributed by atoms with Crippen molar-refractivity contribution in [1.29, 1.82) is 0 Å². The Morgan fingerprint density at radius 2 is 2.46 bits per heavy atom. The molecule has 1 heterocycles. The van der Waals surface area contributed by atoms with E-state index >= 15 is 0 Å². The van der Waals surface area contributed by atoms with Crippen LogP contribution in [-0.4, -0.2) is 27.2 Å². The second-order valence-corrected chi connectivity index (χ2v) is 3.29. The van der Waals surface area contributed by atoms with Gasteiger partial charge in [0.05, 0.1) is 0 Å². The first-order valence-corrected chi connectivity index (χ1v) is 4.24. The zero-order valence-electron chi connectivity index (χ0n) is 7.03. The predicted octanol–water partition coefficient (Wildman–Crippen LogP) is 0.923. The molecule has 0 bridgehead atoms. The zero-order chi connectivity index (χ0) is 9.26. The van der Waals surface area contributed by atoms with Crippen molar-refractivity contribution in [2.24, 2.45) is 0 Å². The standard InChI is InChI=1S/C8H11N3O2/c12-8(13)11-6-3-5(4-6)7-9-1-2-10-7/h1-2,5-6,11H,3-4H2,(H,9,10)(H,12,13)/t5-,6+. The molecule has 0 atom stereocenters. The summed E-state index contributed by atoms with van der Waals surface area (Å²) in [5.74, 6) is 1.36. The Morgan fingerprint density at radius 3 is 3.00 bits per heavy atom. The third-order valence-electron chi connectivity index (χ3n) is 2.37. The van der Waals surface area contributed by atoms with Gasteiger partial charge in [0.15, 0.2) is 0 Å². The highest BCUT2D eigenvalue weighted by atomic mass is 16.4. The van der Waals surface area contributed by atoms with Gasteiger partial charge in [-0.05, 0) is 12.8 Å². The molecule has 1 aliphatic carbocycles. The van der Waals surface area contributed by atoms with Crippen LogP contribution < -0.4 is 5.32 Å². The molecule has 0 saturated heterocycles. The molecule has 1 aromatic heterocycles. The third-order valence-corrected chi connectivity index (χ3v) is 2.37. The summed E-state index contributed by atoms with van der Waals surface area (Å²) < 4.78 is 0. The summed E-state index contributed by atoms with van der Waals surface area (Å²) in [4.78, 5) is 17.4. The number of carboxylic acid groups (broad SMARTS) is 1. The van der Waals surface area contributed by atoms with Gasteiger partial charge in [0.25, 0.3) is 0 Å². The Morgan fingerprint density at radius 1 is 1.69 bits per heavy atom. The first-order valence-electron chi connectivity index (χ1n) is 4.24. The lowest BCUT2D eigenvalue weighted by Crippen LogP contribution is -2.42. The van der Waals surface area contributed by atoms with Crippen molar-refractivity contribution in [2.75, 3.05) is 0 Å². The number of nitrogens with zero attached hydrogens (tertiary/aromatic N) is 1. The maximum Gasteiger partial charge on any atom is 0.404 e. The van der Waals surface area contributed by atoms with Gasteiger partial charge >= 0.3 is 6.09 Å². The van der Waals surface area contributed by atoms with E-state index in [0.29, 0.717) is 5.92 Å². The number of hydrogen-bond acceptors (Lipinski definition) is 2. The summed E-state index contributed by atoms with van der Waals surface area (Å²) in [5.41, 5.74) is 0. The molecule has 1 saturated carbocycles. The molecule has 1 amide bonds. The number of H-pyrrole nitrogens is 1. The number of carbonyl (C=O) groups is 1. The maximum atomic E-state index is 10.3. The van der Waals surface area contributed by atoms with Crippen LogP contribution in [0.5, 0.6) is 0 Å². The van der Waals surface area contributed by atoms with Crippen molar-refractivity contribution in [1.82, 2.24) is 15.3 Å². The van der Waals surface area contributed by atoms with E-state index in [1.807, 2.05) is 0 Å². The van der Waals surface area contributed by atoms with Crippen LogP contribution in [0.4, 0.5) is 4.79 Å². The number of nitrogens with one attached hydrogen (secondary N) is 2. The van der Waals surface area contributed by atoms with Crippen molar-refractivity contribution in [3.63, 3.8) is 0 Å². The molecule has 1 aliphatic rings. The summed E-state index contributed by atoms with van der Waals surface area (Å²) in [6.07, 6.45) is 4.25. The van der Waals surface area contributed by atoms with E-state index in [9.17, 15) is 4.79 Å². The van der Waals surface area contributed by atoms with E-state index in [2.05, 4.69) is 15.3 Å². The van der Waals surface area contributed by atoms with Gasteiger partial charge in [0.1, 0.15) is 5.82 Å². The number of hydrogen-bond donors (Lipinski definition) is 3. The van der Waals surface area contributed by atoms with Crippen LogP contribution >= 0.6 is 0 Å². The molecule has 1 fully saturated rings. The number of imidazole rings is 1. The van der Waals surface area contributed by atoms with Crippen molar-refractivity contribution >= 4 is 6.09 Å². The lowest BCUT2D eigenvalue weighted by Gasteiger charge is -2.33. The summed E-state index contributed by atoms with van der Waals surface area (Å²) >= 11 is 0. The maximum absolute atomic E-state index is 10.3. The summed E-state index contributed by atoms with van der Waals surface area (Å²) in [6.45, 7) is 0. The number of rotatable bonds is 2. The molecule has 5 nitrogen and oxygen atoms in total. The molecule has 5 heteroatoms. The first kappa shape index (κ1) is 8.10. The SMILES string of the molecule is O=C(O)N[C@H]1C[C@@H](c2ncc[nH]2)C1. The van der Waals surface area contributed by atoms with Gasteiger partial charge in [-0.3, -0.25) is 0 Å². The van der Waals surface area contributed by atoms with Gasteiger partial charge < -0.3 is 15.4 Å². The van der Waals surface area contributed by atoms with Crippen molar-refractivity contribution < 1.29 is 9.90 Å². The van der Waals surface area contributed by atoms with Crippen LogP contribution in [0.25, 0.3) is 0 Å². The van der Waals surface area contributed by atoms with Gasteiger partial charge in [0.2, 0.25) is 0 Å². The number of aromatic amines is 1. The molecule has 0 aromatic carbocycles. The molecule has 0 spiro atoms. The van der Waals surface area contributed by atoms with Crippen LogP contribution in [0.15, 0.2) is 12.4 Å². The monoisotopic (exact) mass is 181 g/mol. The highest BCUT2D eigenvalue weighted by Crippen LogP contribution is 2.34. The van der Waals surface area contributed by atoms with Crippen LogP contribution in [0.1, 0.15) is 24.6 Å². The summed E-state index contributed by atoms with van der Waals surface area (Å²) in [6, 6.07) is 0.104. The van der Waals surface area contributed by atoms with E-state index in [-0.39, 0.29) is 6.04 Å². The Balaban J connectivity index is 1.82. The van der Waals surface area contributed by atoms with E-state index in [4.69, 9.17) is 5.11 Å². The molecule has 1 aromatic rings. The summed E-state index contributed by atoms with van der Waals surface area (Å²) in [7, 11) is 0. The first-order chi connectivity index (χ1) is 6.25. The van der Waals surface area contributed by atoms with Gasteiger partial charge in [0, 0.05) is 24.4 Å². The quantitative estimate of drug-likeness (QED) is 0.634. The second kappa shape index (κ2) is 3.08. The zero-order valence-corrected chi connectivity index (χ0v) is 7.03. The minimum Gasteiger partial charge on any atom is -0.465 e. The average molecular weight is 181 g/mol. The Bertz CT molecular complexity index is 290. The van der Waals surface area contributed by atoms with Gasteiger partial charge in [-0.15, -0.1) is 0 Å². The molecule has 0 radical (unpaired) electrons. The normalized spacial score (nSPS) is 26.5. The van der Waals surface area contributed by atoms with Crippen LogP contribution in [0, 0.1) is 0 Å². The molecular formula is C8H11N3O2. The largest absolute Gasteiger partial charge is 0.465 e. The van der Waals surface area contributed by atoms with Crippen LogP contribution in [0.3, 0.4) is 0 Å². The fourth-order valence-corrected chi connectivity index (χ4v) is 1.63. The van der Waals surface area contributed by atoms with Crippen LogP contribution in [-0.2, 0) is 0 Å². The van der Waals surface area contributed by atoms with Crippen molar-refractivity contribution in [3.05, 3.63) is 18.2 Å². The Kier molecular flexibility index (Phi) is 1.92. The highest BCUT2D eigenvalue weighted by Gasteiger charge is 2.32. The van der Waals surface area contributed by atoms with Crippen molar-refractivity contribution in [3.8, 4) is 0 Å². The predicted molar refractivity (Wildman–Crippen MR) is 45.5 cm³/mol. The van der Waals surface area contributed by atoms with Gasteiger partial charge in [-0.1, -0.05) is 0 Å². The lowest BCUT2D eigenvalue weighted by atomic mass is 9.80. The molecule has 0 aliphatic heterocycles. The molecule has 13 heavy (non-hydrogen) atoms. The highest BCUT2D eigenvalue weighted by molar-refractivity contribution is 5.65. The lowest BCUT2D eigenvalue weighted by molar-refractivity contribution is 0.177. The molecule has 0 unspecified atom stereocenters. The van der Waals surface area contributed by atoms with Gasteiger partial charge in [-0.25, -0.2) is 9.78 Å². The fraction of sp³-hybridized carbons (Fsp3) is 0.500. The number of aromatic nitrogens is 2. The Labute approximate surface area is 75.2 Å². The molecule has 70 valence electrons. The van der Waals surface area contributed by atoms with E-state index in [1.54, 1.807) is 12.4 Å². The Hall–Kier alpha value is -1.52. The van der Waals surface area contributed by atoms with Crippen LogP contribution in [0.2, 0.25) is 0 Å². The van der Waals surface area contributed by atoms with Gasteiger partial charge in [-0.2, -0.15) is 0 Å².